The number of esters is 3. The van der Waals surface area contributed by atoms with E-state index >= 15 is 0 Å². The summed E-state index contributed by atoms with van der Waals surface area (Å²) < 4.78 is 16.9. The molecule has 0 spiro atoms. The minimum absolute atomic E-state index is 0.0759. The lowest BCUT2D eigenvalue weighted by Gasteiger charge is -2.18. The Morgan fingerprint density at radius 2 is 0.500 bits per heavy atom. The SMILES string of the molecule is CCCCC\C=C/C=C\C=C/C=C\CCCCCCCC(=O)OCC(COC(=O)CCCCCCCCCCCCCCCCCCCC)OC(=O)CCCCCCCCCCCCCCCCCCCC. The molecule has 0 amide bonds. The highest BCUT2D eigenvalue weighted by Crippen LogP contribution is 2.18. The van der Waals surface area contributed by atoms with E-state index in [2.05, 4.69) is 69.4 Å². The Labute approximate surface area is 448 Å². The summed E-state index contributed by atoms with van der Waals surface area (Å²) in [5.41, 5.74) is 0. The second-order valence-corrected chi connectivity index (χ2v) is 21.4. The maximum Gasteiger partial charge on any atom is 0.306 e. The molecule has 0 aliphatic rings. The largest absolute Gasteiger partial charge is 0.462 e. The van der Waals surface area contributed by atoms with Crippen LogP contribution in [0.5, 0.6) is 0 Å². The maximum atomic E-state index is 12.9. The maximum absolute atomic E-state index is 12.9. The van der Waals surface area contributed by atoms with E-state index in [1.165, 1.54) is 212 Å². The number of hydrogen-bond donors (Lipinski definition) is 0. The molecule has 0 saturated carbocycles. The number of carbonyl (C=O) groups excluding carboxylic acids is 3. The standard InChI is InChI=1S/C66H120O6/c1-4-7-10-13-16-19-22-25-28-31-34-37-40-43-46-49-52-55-58-64(67)70-61-63(72-66(69)60-57-54-51-48-45-42-39-36-33-30-27-24-21-18-15-12-9-6-3)62-71-65(68)59-56-53-50-47-44-41-38-35-32-29-26-23-20-17-14-11-8-5-2/h16,19,22,25,28,31,34,37,63H,4-15,17-18,20-21,23-24,26-27,29-30,32-33,35-36,38-62H2,1-3H3/b19-16-,25-22-,31-28-,37-34-. The van der Waals surface area contributed by atoms with Crippen LogP contribution in [-0.4, -0.2) is 37.2 Å². The number of rotatable bonds is 58. The van der Waals surface area contributed by atoms with Crippen molar-refractivity contribution in [3.63, 3.8) is 0 Å². The topological polar surface area (TPSA) is 78.9 Å². The minimum Gasteiger partial charge on any atom is -0.462 e. The number of ether oxygens (including phenoxy) is 3. The number of allylic oxidation sites excluding steroid dienone is 8. The van der Waals surface area contributed by atoms with Crippen molar-refractivity contribution in [1.82, 2.24) is 0 Å². The van der Waals surface area contributed by atoms with Crippen LogP contribution in [0.25, 0.3) is 0 Å². The van der Waals surface area contributed by atoms with E-state index in [4.69, 9.17) is 14.2 Å². The minimum atomic E-state index is -0.780. The number of hydrogen-bond acceptors (Lipinski definition) is 6. The summed E-state index contributed by atoms with van der Waals surface area (Å²) in [4.78, 5) is 38.3. The van der Waals surface area contributed by atoms with Gasteiger partial charge in [-0.2, -0.15) is 0 Å². The van der Waals surface area contributed by atoms with Crippen LogP contribution in [0.2, 0.25) is 0 Å². The highest BCUT2D eigenvalue weighted by molar-refractivity contribution is 5.71. The summed E-state index contributed by atoms with van der Waals surface area (Å²) >= 11 is 0. The molecule has 0 aromatic rings. The first-order chi connectivity index (χ1) is 35.5. The molecule has 6 heteroatoms. The van der Waals surface area contributed by atoms with Gasteiger partial charge in [-0.25, -0.2) is 0 Å². The Morgan fingerprint density at radius 3 is 0.806 bits per heavy atom. The van der Waals surface area contributed by atoms with Gasteiger partial charge in [-0.3, -0.25) is 14.4 Å². The zero-order chi connectivity index (χ0) is 52.2. The Hall–Kier alpha value is -2.63. The fraction of sp³-hybridized carbons (Fsp3) is 0.833. The molecule has 6 nitrogen and oxygen atoms in total. The van der Waals surface area contributed by atoms with Crippen LogP contribution in [0.3, 0.4) is 0 Å². The van der Waals surface area contributed by atoms with Crippen molar-refractivity contribution < 1.29 is 28.6 Å². The third-order valence-corrected chi connectivity index (χ3v) is 14.2. The summed E-state index contributed by atoms with van der Waals surface area (Å²) in [6.45, 7) is 6.64. The predicted octanol–water partition coefficient (Wildman–Crippen LogP) is 21.4. The summed E-state index contributed by atoms with van der Waals surface area (Å²) in [7, 11) is 0. The molecule has 1 unspecified atom stereocenters. The van der Waals surface area contributed by atoms with Crippen LogP contribution in [0.15, 0.2) is 48.6 Å². The zero-order valence-electron chi connectivity index (χ0n) is 48.2. The van der Waals surface area contributed by atoms with Gasteiger partial charge in [0, 0.05) is 19.3 Å². The monoisotopic (exact) mass is 1010 g/mol. The molecule has 420 valence electrons. The highest BCUT2D eigenvalue weighted by Gasteiger charge is 2.19. The lowest BCUT2D eigenvalue weighted by Crippen LogP contribution is -2.30. The average molecular weight is 1010 g/mol. The smallest absolute Gasteiger partial charge is 0.306 e. The van der Waals surface area contributed by atoms with Crippen molar-refractivity contribution in [1.29, 1.82) is 0 Å². The van der Waals surface area contributed by atoms with E-state index in [0.717, 1.165) is 83.5 Å². The first-order valence-corrected chi connectivity index (χ1v) is 31.7. The van der Waals surface area contributed by atoms with Crippen molar-refractivity contribution in [2.75, 3.05) is 13.2 Å². The van der Waals surface area contributed by atoms with Gasteiger partial charge in [0.25, 0.3) is 0 Å². The van der Waals surface area contributed by atoms with Gasteiger partial charge in [-0.05, 0) is 44.9 Å². The molecular weight excluding hydrogens is 889 g/mol. The lowest BCUT2D eigenvalue weighted by molar-refractivity contribution is -0.167. The van der Waals surface area contributed by atoms with Crippen LogP contribution < -0.4 is 0 Å². The van der Waals surface area contributed by atoms with Gasteiger partial charge in [0.15, 0.2) is 6.10 Å². The van der Waals surface area contributed by atoms with Crippen molar-refractivity contribution in [3.8, 4) is 0 Å². The van der Waals surface area contributed by atoms with Crippen LogP contribution in [0, 0.1) is 0 Å². The Balaban J connectivity index is 4.38. The normalized spacial score (nSPS) is 12.3. The van der Waals surface area contributed by atoms with Crippen LogP contribution in [0.1, 0.15) is 335 Å². The molecule has 72 heavy (non-hydrogen) atoms. The third-order valence-electron chi connectivity index (χ3n) is 14.2. The van der Waals surface area contributed by atoms with Gasteiger partial charge in [0.2, 0.25) is 0 Å². The molecule has 0 aromatic heterocycles. The molecule has 0 heterocycles. The summed E-state index contributed by atoms with van der Waals surface area (Å²) in [6, 6.07) is 0. The Morgan fingerprint density at radius 1 is 0.278 bits per heavy atom. The van der Waals surface area contributed by atoms with E-state index < -0.39 is 6.10 Å². The Bertz CT molecular complexity index is 1250. The van der Waals surface area contributed by atoms with E-state index in [9.17, 15) is 14.4 Å². The molecular formula is C66H120O6. The van der Waals surface area contributed by atoms with Gasteiger partial charge in [-0.15, -0.1) is 0 Å². The average Bonchev–Trinajstić information content (AvgIpc) is 3.38. The zero-order valence-corrected chi connectivity index (χ0v) is 48.2. The second-order valence-electron chi connectivity index (χ2n) is 21.4. The fourth-order valence-electron chi connectivity index (χ4n) is 9.40. The van der Waals surface area contributed by atoms with Crippen molar-refractivity contribution in [3.05, 3.63) is 48.6 Å². The summed E-state index contributed by atoms with van der Waals surface area (Å²) in [6.07, 6.45) is 75.3. The lowest BCUT2D eigenvalue weighted by atomic mass is 10.0. The predicted molar refractivity (Wildman–Crippen MR) is 312 cm³/mol. The van der Waals surface area contributed by atoms with Crippen molar-refractivity contribution in [2.45, 2.75) is 341 Å². The Kier molecular flexibility index (Phi) is 58.7. The van der Waals surface area contributed by atoms with Gasteiger partial charge >= 0.3 is 17.9 Å². The molecule has 0 aliphatic heterocycles. The molecule has 0 rings (SSSR count). The summed E-state index contributed by atoms with van der Waals surface area (Å²) in [5.74, 6) is -0.876. The van der Waals surface area contributed by atoms with Gasteiger partial charge in [0.05, 0.1) is 0 Å². The third kappa shape index (κ3) is 58.3. The van der Waals surface area contributed by atoms with Crippen molar-refractivity contribution in [2.24, 2.45) is 0 Å². The van der Waals surface area contributed by atoms with Crippen LogP contribution >= 0.6 is 0 Å². The highest BCUT2D eigenvalue weighted by atomic mass is 16.6. The molecule has 0 N–H and O–H groups in total. The van der Waals surface area contributed by atoms with E-state index in [1.807, 2.05) is 0 Å². The first kappa shape index (κ1) is 69.4. The van der Waals surface area contributed by atoms with Gasteiger partial charge in [0.1, 0.15) is 13.2 Å². The fourth-order valence-corrected chi connectivity index (χ4v) is 9.40. The van der Waals surface area contributed by atoms with Gasteiger partial charge < -0.3 is 14.2 Å². The van der Waals surface area contributed by atoms with E-state index in [1.54, 1.807) is 0 Å². The van der Waals surface area contributed by atoms with E-state index in [0.29, 0.717) is 19.3 Å². The number of unbranched alkanes of at least 4 members (excludes halogenated alkanes) is 42. The molecule has 0 radical (unpaired) electrons. The molecule has 0 aliphatic carbocycles. The van der Waals surface area contributed by atoms with Crippen LogP contribution in [0.4, 0.5) is 0 Å². The molecule has 0 bridgehead atoms. The van der Waals surface area contributed by atoms with E-state index in [-0.39, 0.29) is 31.1 Å². The number of carbonyl (C=O) groups is 3. The second kappa shape index (κ2) is 60.9. The van der Waals surface area contributed by atoms with Crippen molar-refractivity contribution >= 4 is 17.9 Å². The van der Waals surface area contributed by atoms with Gasteiger partial charge in [-0.1, -0.05) is 320 Å². The first-order valence-electron chi connectivity index (χ1n) is 31.7. The molecule has 0 fully saturated rings. The molecule has 0 aromatic carbocycles. The quantitative estimate of drug-likeness (QED) is 0.0261. The van der Waals surface area contributed by atoms with Crippen LogP contribution in [-0.2, 0) is 28.6 Å². The summed E-state index contributed by atoms with van der Waals surface area (Å²) in [5, 5.41) is 0. The molecule has 1 atom stereocenters. The molecule has 0 saturated heterocycles.